The molecule has 0 saturated carbocycles. The molecular formula is C12H17N3OS. The third-order valence-electron chi connectivity index (χ3n) is 2.59. The van der Waals surface area contributed by atoms with Gasteiger partial charge in [-0.1, -0.05) is 11.8 Å². The van der Waals surface area contributed by atoms with Crippen molar-refractivity contribution in [3.63, 3.8) is 0 Å². The molecule has 0 amide bonds. The maximum atomic E-state index is 6.07. The largest absolute Gasteiger partial charge is 0.468 e. The zero-order valence-corrected chi connectivity index (χ0v) is 11.3. The van der Waals surface area contributed by atoms with E-state index in [0.717, 1.165) is 27.1 Å². The number of nitrogens with two attached hydrogens (primary N) is 1. The number of rotatable bonds is 3. The van der Waals surface area contributed by atoms with Gasteiger partial charge >= 0.3 is 0 Å². The van der Waals surface area contributed by atoms with Crippen molar-refractivity contribution in [2.75, 3.05) is 5.73 Å². The summed E-state index contributed by atoms with van der Waals surface area (Å²) in [6.07, 6.45) is 1.69. The van der Waals surface area contributed by atoms with Gasteiger partial charge in [0.1, 0.15) is 10.8 Å². The average molecular weight is 251 g/mol. The number of hydrogen-bond acceptors (Lipinski definition) is 4. The summed E-state index contributed by atoms with van der Waals surface area (Å²) in [5, 5.41) is 5.45. The van der Waals surface area contributed by atoms with Crippen LogP contribution in [0.5, 0.6) is 0 Å². The third-order valence-corrected chi connectivity index (χ3v) is 3.84. The Morgan fingerprint density at radius 2 is 2.12 bits per heavy atom. The van der Waals surface area contributed by atoms with Crippen LogP contribution >= 0.6 is 11.8 Å². The molecule has 2 aromatic heterocycles. The Hall–Kier alpha value is -1.36. The van der Waals surface area contributed by atoms with Crippen LogP contribution in [0.25, 0.3) is 0 Å². The average Bonchev–Trinajstić information content (AvgIpc) is 2.78. The lowest BCUT2D eigenvalue weighted by Gasteiger charge is -2.10. The van der Waals surface area contributed by atoms with Crippen LogP contribution in [0.15, 0.2) is 26.7 Å². The molecule has 2 aromatic rings. The van der Waals surface area contributed by atoms with E-state index in [1.165, 1.54) is 0 Å². The number of hydrogen-bond donors (Lipinski definition) is 1. The quantitative estimate of drug-likeness (QED) is 0.908. The van der Waals surface area contributed by atoms with Crippen LogP contribution in [-0.2, 0) is 0 Å². The first-order valence-electron chi connectivity index (χ1n) is 5.57. The monoisotopic (exact) mass is 251 g/mol. The number of anilines is 1. The Morgan fingerprint density at radius 1 is 1.41 bits per heavy atom. The van der Waals surface area contributed by atoms with Crippen LogP contribution in [-0.4, -0.2) is 9.78 Å². The fourth-order valence-electron chi connectivity index (χ4n) is 1.57. The Morgan fingerprint density at radius 3 is 2.65 bits per heavy atom. The highest BCUT2D eigenvalue weighted by molar-refractivity contribution is 7.99. The highest BCUT2D eigenvalue weighted by Crippen LogP contribution is 2.37. The SMILES string of the molecule is Cc1nn(C(C)C)c(Sc2ccoc2C)c1N. The van der Waals surface area contributed by atoms with Gasteiger partial charge in [0, 0.05) is 6.04 Å². The van der Waals surface area contributed by atoms with Crippen molar-refractivity contribution < 1.29 is 4.42 Å². The van der Waals surface area contributed by atoms with Gasteiger partial charge in [-0.25, -0.2) is 0 Å². The van der Waals surface area contributed by atoms with Crippen molar-refractivity contribution in [2.45, 2.75) is 43.7 Å². The van der Waals surface area contributed by atoms with Gasteiger partial charge in [-0.3, -0.25) is 4.68 Å². The van der Waals surface area contributed by atoms with E-state index in [2.05, 4.69) is 18.9 Å². The Bertz CT molecular complexity index is 528. The van der Waals surface area contributed by atoms with Crippen LogP contribution < -0.4 is 5.73 Å². The number of aromatic nitrogens is 2. The molecule has 92 valence electrons. The van der Waals surface area contributed by atoms with Crippen molar-refractivity contribution in [1.82, 2.24) is 9.78 Å². The van der Waals surface area contributed by atoms with Crippen molar-refractivity contribution in [2.24, 2.45) is 0 Å². The summed E-state index contributed by atoms with van der Waals surface area (Å²) in [5.74, 6) is 0.906. The van der Waals surface area contributed by atoms with Crippen LogP contribution in [0, 0.1) is 13.8 Å². The predicted octanol–water partition coefficient (Wildman–Crippen LogP) is 3.41. The first kappa shape index (κ1) is 12.1. The highest BCUT2D eigenvalue weighted by Gasteiger charge is 2.17. The molecule has 0 aliphatic rings. The van der Waals surface area contributed by atoms with E-state index in [1.54, 1.807) is 18.0 Å². The minimum Gasteiger partial charge on any atom is -0.468 e. The zero-order valence-electron chi connectivity index (χ0n) is 10.5. The molecule has 0 unspecified atom stereocenters. The first-order chi connectivity index (χ1) is 8.00. The molecule has 0 saturated heterocycles. The molecule has 0 fully saturated rings. The standard InChI is InChI=1S/C12H17N3OS/c1-7(2)15-12(11(13)8(3)14-15)17-10-5-6-16-9(10)4/h5-7H,13H2,1-4H3. The van der Waals surface area contributed by atoms with Crippen LogP contribution in [0.3, 0.4) is 0 Å². The molecule has 2 rings (SSSR count). The van der Waals surface area contributed by atoms with Gasteiger partial charge in [0.2, 0.25) is 0 Å². The first-order valence-corrected chi connectivity index (χ1v) is 6.39. The lowest BCUT2D eigenvalue weighted by molar-refractivity contribution is 0.490. The van der Waals surface area contributed by atoms with Gasteiger partial charge in [-0.2, -0.15) is 5.10 Å². The van der Waals surface area contributed by atoms with E-state index in [4.69, 9.17) is 10.2 Å². The molecule has 2 heterocycles. The van der Waals surface area contributed by atoms with Gasteiger partial charge in [-0.15, -0.1) is 0 Å². The van der Waals surface area contributed by atoms with Crippen LogP contribution in [0.4, 0.5) is 5.69 Å². The van der Waals surface area contributed by atoms with E-state index in [1.807, 2.05) is 24.6 Å². The summed E-state index contributed by atoms with van der Waals surface area (Å²) < 4.78 is 7.25. The van der Waals surface area contributed by atoms with Gasteiger partial charge in [0.05, 0.1) is 22.5 Å². The van der Waals surface area contributed by atoms with Gasteiger partial charge < -0.3 is 10.2 Å². The van der Waals surface area contributed by atoms with Crippen molar-refractivity contribution in [3.8, 4) is 0 Å². The molecule has 0 aliphatic heterocycles. The zero-order chi connectivity index (χ0) is 12.6. The number of aryl methyl sites for hydroxylation is 2. The molecule has 0 aliphatic carbocycles. The maximum absolute atomic E-state index is 6.07. The second-order valence-electron chi connectivity index (χ2n) is 4.29. The number of nitrogen functional groups attached to an aromatic ring is 1. The topological polar surface area (TPSA) is 57.0 Å². The van der Waals surface area contributed by atoms with E-state index >= 15 is 0 Å². The summed E-state index contributed by atoms with van der Waals surface area (Å²) in [5.41, 5.74) is 7.70. The molecule has 0 bridgehead atoms. The Labute approximate surface area is 105 Å². The summed E-state index contributed by atoms with van der Waals surface area (Å²) in [6.45, 7) is 8.07. The second kappa shape index (κ2) is 4.49. The molecule has 0 radical (unpaired) electrons. The lowest BCUT2D eigenvalue weighted by Crippen LogP contribution is -2.04. The molecule has 0 aromatic carbocycles. The molecule has 4 nitrogen and oxygen atoms in total. The summed E-state index contributed by atoms with van der Waals surface area (Å²) in [6, 6.07) is 2.24. The summed E-state index contributed by atoms with van der Waals surface area (Å²) in [4.78, 5) is 1.08. The van der Waals surface area contributed by atoms with E-state index in [-0.39, 0.29) is 0 Å². The second-order valence-corrected chi connectivity index (χ2v) is 5.32. The Kier molecular flexibility index (Phi) is 3.19. The van der Waals surface area contributed by atoms with E-state index in [9.17, 15) is 0 Å². The van der Waals surface area contributed by atoms with Crippen molar-refractivity contribution in [1.29, 1.82) is 0 Å². The molecule has 0 atom stereocenters. The van der Waals surface area contributed by atoms with Gasteiger partial charge in [-0.05, 0) is 33.8 Å². The summed E-state index contributed by atoms with van der Waals surface area (Å²) >= 11 is 1.60. The van der Waals surface area contributed by atoms with Crippen molar-refractivity contribution >= 4 is 17.4 Å². The van der Waals surface area contributed by atoms with Crippen LogP contribution in [0.1, 0.15) is 31.3 Å². The molecular weight excluding hydrogens is 234 g/mol. The third kappa shape index (κ3) is 2.20. The minimum atomic E-state index is 0.292. The summed E-state index contributed by atoms with van der Waals surface area (Å²) in [7, 11) is 0. The van der Waals surface area contributed by atoms with Crippen LogP contribution in [0.2, 0.25) is 0 Å². The van der Waals surface area contributed by atoms with E-state index in [0.29, 0.717) is 6.04 Å². The molecule has 17 heavy (non-hydrogen) atoms. The molecule has 5 heteroatoms. The predicted molar refractivity (Wildman–Crippen MR) is 69.3 cm³/mol. The fourth-order valence-corrected chi connectivity index (χ4v) is 2.70. The number of furan rings is 1. The molecule has 0 spiro atoms. The normalized spacial score (nSPS) is 11.4. The number of nitrogens with zero attached hydrogens (tertiary/aromatic N) is 2. The van der Waals surface area contributed by atoms with Gasteiger partial charge in [0.25, 0.3) is 0 Å². The highest BCUT2D eigenvalue weighted by atomic mass is 32.2. The lowest BCUT2D eigenvalue weighted by atomic mass is 10.4. The Balaban J connectivity index is 2.41. The fraction of sp³-hybridized carbons (Fsp3) is 0.417. The molecule has 2 N–H and O–H groups in total. The maximum Gasteiger partial charge on any atom is 0.122 e. The van der Waals surface area contributed by atoms with E-state index < -0.39 is 0 Å². The van der Waals surface area contributed by atoms with Gasteiger partial charge in [0.15, 0.2) is 0 Å². The minimum absolute atomic E-state index is 0.292. The van der Waals surface area contributed by atoms with Crippen molar-refractivity contribution in [3.05, 3.63) is 23.8 Å². The smallest absolute Gasteiger partial charge is 0.122 e.